The summed E-state index contributed by atoms with van der Waals surface area (Å²) >= 11 is 0. The number of fused-ring (bicyclic) bond motifs is 6. The molecule has 0 N–H and O–H groups in total. The first-order chi connectivity index (χ1) is 16.7. The van der Waals surface area contributed by atoms with E-state index < -0.39 is 5.54 Å². The van der Waals surface area contributed by atoms with Gasteiger partial charge in [-0.15, -0.1) is 0 Å². The van der Waals surface area contributed by atoms with Gasteiger partial charge in [0.2, 0.25) is 5.95 Å². The lowest BCUT2D eigenvalue weighted by Gasteiger charge is -2.34. The molecule has 1 aromatic carbocycles. The highest BCUT2D eigenvalue weighted by atomic mass is 16.5. The molecule has 9 nitrogen and oxygen atoms in total. The van der Waals surface area contributed by atoms with Crippen LogP contribution in [0.5, 0.6) is 5.75 Å². The van der Waals surface area contributed by atoms with Crippen molar-refractivity contribution in [1.82, 2.24) is 29.4 Å². The van der Waals surface area contributed by atoms with Gasteiger partial charge in [-0.3, -0.25) is 4.57 Å². The summed E-state index contributed by atoms with van der Waals surface area (Å²) in [7, 11) is 2.14. The van der Waals surface area contributed by atoms with Crippen LogP contribution in [0.25, 0.3) is 22.4 Å². The maximum absolute atomic E-state index is 6.08. The summed E-state index contributed by atoms with van der Waals surface area (Å²) < 4.78 is 14.3. The number of hydrogen-bond acceptors (Lipinski definition) is 8. The zero-order chi connectivity index (χ0) is 22.7. The van der Waals surface area contributed by atoms with Crippen molar-refractivity contribution in [2.75, 3.05) is 51.3 Å². The van der Waals surface area contributed by atoms with E-state index in [1.54, 1.807) is 0 Å². The minimum absolute atomic E-state index is 0.457. The number of ether oxygens (including phenoxy) is 2. The Labute approximate surface area is 197 Å². The molecular weight excluding hydrogens is 430 g/mol. The fourth-order valence-corrected chi connectivity index (χ4v) is 5.27. The molecule has 7 rings (SSSR count). The number of likely N-dealkylation sites (N-methyl/N-ethyl adjacent to an activating group) is 1. The minimum Gasteiger partial charge on any atom is -0.490 e. The third kappa shape index (κ3) is 2.93. The number of nitrogens with zero attached hydrogens (tertiary/aromatic N) is 7. The van der Waals surface area contributed by atoms with Crippen molar-refractivity contribution in [1.29, 1.82) is 0 Å². The number of piperazine rings is 1. The van der Waals surface area contributed by atoms with Crippen molar-refractivity contribution in [2.24, 2.45) is 0 Å². The molecule has 34 heavy (non-hydrogen) atoms. The molecule has 4 aromatic rings. The molecule has 1 unspecified atom stereocenters. The Kier molecular flexibility index (Phi) is 4.37. The monoisotopic (exact) mass is 455 g/mol. The van der Waals surface area contributed by atoms with Gasteiger partial charge in [-0.1, -0.05) is 18.2 Å². The van der Waals surface area contributed by atoms with Gasteiger partial charge in [-0.05, 0) is 25.2 Å². The van der Waals surface area contributed by atoms with Gasteiger partial charge in [0.05, 0.1) is 12.3 Å². The zero-order valence-corrected chi connectivity index (χ0v) is 19.0. The van der Waals surface area contributed by atoms with Crippen LogP contribution < -0.4 is 9.64 Å². The Bertz CT molecular complexity index is 1380. The second-order valence-corrected chi connectivity index (χ2v) is 9.27. The molecule has 3 aliphatic heterocycles. The molecule has 1 fully saturated rings. The molecule has 1 atom stereocenters. The number of hydrogen-bond donors (Lipinski definition) is 0. The molecule has 1 saturated heterocycles. The molecule has 0 saturated carbocycles. The summed E-state index contributed by atoms with van der Waals surface area (Å²) in [4.78, 5) is 23.8. The van der Waals surface area contributed by atoms with Gasteiger partial charge in [-0.2, -0.15) is 0 Å². The molecule has 0 bridgehead atoms. The van der Waals surface area contributed by atoms with E-state index in [1.807, 2.05) is 42.7 Å². The summed E-state index contributed by atoms with van der Waals surface area (Å²) in [6.45, 7) is 5.41. The number of aromatic nitrogens is 5. The third-order valence-electron chi connectivity index (χ3n) is 7.15. The van der Waals surface area contributed by atoms with Crippen molar-refractivity contribution >= 4 is 17.1 Å². The fourth-order valence-electron chi connectivity index (χ4n) is 5.27. The molecule has 172 valence electrons. The first-order valence-electron chi connectivity index (χ1n) is 11.7. The Balaban J connectivity index is 1.29. The summed E-state index contributed by atoms with van der Waals surface area (Å²) in [6, 6.07) is 12.2. The van der Waals surface area contributed by atoms with E-state index in [9.17, 15) is 0 Å². The van der Waals surface area contributed by atoms with Crippen LogP contribution in [0.1, 0.15) is 11.4 Å². The highest BCUT2D eigenvalue weighted by molar-refractivity contribution is 5.77. The number of imidazole rings is 1. The average Bonchev–Trinajstić information content (AvgIpc) is 3.44. The maximum Gasteiger partial charge on any atom is 0.225 e. The van der Waals surface area contributed by atoms with E-state index in [0.717, 1.165) is 71.7 Å². The van der Waals surface area contributed by atoms with Crippen LogP contribution in [0.2, 0.25) is 0 Å². The van der Waals surface area contributed by atoms with Gasteiger partial charge in [0.25, 0.3) is 0 Å². The van der Waals surface area contributed by atoms with Gasteiger partial charge in [-0.25, -0.2) is 19.9 Å². The molecule has 0 amide bonds. The van der Waals surface area contributed by atoms with Crippen molar-refractivity contribution in [3.63, 3.8) is 0 Å². The number of para-hydroxylation sites is 1. The molecule has 3 aromatic heterocycles. The first kappa shape index (κ1) is 19.9. The first-order valence-corrected chi connectivity index (χ1v) is 11.7. The van der Waals surface area contributed by atoms with E-state index in [4.69, 9.17) is 19.4 Å². The molecule has 0 radical (unpaired) electrons. The van der Waals surface area contributed by atoms with Crippen LogP contribution in [-0.2, 0) is 16.9 Å². The standard InChI is InChI=1S/C25H25N7O2/c1-30-8-10-31(11-9-30)24-26-12-17(13-27-24)19-6-7-20-23(29-19)32-22(28-20)14-33-15-25(32)16-34-21-5-3-2-4-18(21)25/h2-7,12-13H,8-11,14-16H2,1H3. The molecule has 0 aliphatic carbocycles. The van der Waals surface area contributed by atoms with E-state index >= 15 is 0 Å². The lowest BCUT2D eigenvalue weighted by Crippen LogP contribution is -2.45. The molecule has 9 heteroatoms. The van der Waals surface area contributed by atoms with Crippen LogP contribution in [0, 0.1) is 0 Å². The number of anilines is 1. The fraction of sp³-hybridized carbons (Fsp3) is 0.360. The number of benzene rings is 1. The van der Waals surface area contributed by atoms with Gasteiger partial charge >= 0.3 is 0 Å². The van der Waals surface area contributed by atoms with Crippen molar-refractivity contribution in [3.05, 3.63) is 60.2 Å². The lowest BCUT2D eigenvalue weighted by atomic mass is 9.91. The van der Waals surface area contributed by atoms with Gasteiger partial charge in [0, 0.05) is 49.7 Å². The molecule has 3 aliphatic rings. The second-order valence-electron chi connectivity index (χ2n) is 9.27. The Morgan fingerprint density at radius 2 is 1.74 bits per heavy atom. The number of rotatable bonds is 2. The summed E-state index contributed by atoms with van der Waals surface area (Å²) in [5.41, 5.74) is 4.05. The van der Waals surface area contributed by atoms with Crippen LogP contribution in [0.15, 0.2) is 48.8 Å². The lowest BCUT2D eigenvalue weighted by molar-refractivity contribution is 0.0134. The third-order valence-corrected chi connectivity index (χ3v) is 7.15. The quantitative estimate of drug-likeness (QED) is 0.456. The van der Waals surface area contributed by atoms with Gasteiger partial charge < -0.3 is 19.3 Å². The Hall–Kier alpha value is -3.56. The van der Waals surface area contributed by atoms with Crippen molar-refractivity contribution in [3.8, 4) is 17.0 Å². The topological polar surface area (TPSA) is 81.4 Å². The predicted octanol–water partition coefficient (Wildman–Crippen LogP) is 2.31. The van der Waals surface area contributed by atoms with Crippen LogP contribution in [0.4, 0.5) is 5.95 Å². The maximum atomic E-state index is 6.08. The smallest absolute Gasteiger partial charge is 0.225 e. The van der Waals surface area contributed by atoms with Gasteiger partial charge in [0.1, 0.15) is 35.8 Å². The van der Waals surface area contributed by atoms with E-state index in [2.05, 4.69) is 37.4 Å². The second kappa shape index (κ2) is 7.48. The van der Waals surface area contributed by atoms with E-state index in [-0.39, 0.29) is 0 Å². The van der Waals surface area contributed by atoms with Crippen LogP contribution >= 0.6 is 0 Å². The number of pyridine rings is 1. The SMILES string of the molecule is CN1CCN(c2ncc(-c3ccc4nc5n(c4n3)C3(COC5)COc4ccccc43)cn2)CC1. The van der Waals surface area contributed by atoms with Crippen molar-refractivity contribution < 1.29 is 9.47 Å². The Morgan fingerprint density at radius 3 is 2.59 bits per heavy atom. The van der Waals surface area contributed by atoms with Crippen LogP contribution in [0.3, 0.4) is 0 Å². The normalized spacial score (nSPS) is 22.1. The van der Waals surface area contributed by atoms with E-state index in [1.165, 1.54) is 0 Å². The zero-order valence-electron chi connectivity index (χ0n) is 19.0. The highest BCUT2D eigenvalue weighted by Crippen LogP contribution is 2.44. The Morgan fingerprint density at radius 1 is 0.912 bits per heavy atom. The minimum atomic E-state index is -0.466. The summed E-state index contributed by atoms with van der Waals surface area (Å²) in [6.07, 6.45) is 3.74. The molecule has 6 heterocycles. The largest absolute Gasteiger partial charge is 0.490 e. The van der Waals surface area contributed by atoms with Crippen LogP contribution in [-0.4, -0.2) is 75.8 Å². The summed E-state index contributed by atoms with van der Waals surface area (Å²) in [5.74, 6) is 2.54. The highest BCUT2D eigenvalue weighted by Gasteiger charge is 2.47. The van der Waals surface area contributed by atoms with E-state index in [0.29, 0.717) is 19.8 Å². The van der Waals surface area contributed by atoms with Crippen molar-refractivity contribution in [2.45, 2.75) is 12.1 Å². The average molecular weight is 456 g/mol. The predicted molar refractivity (Wildman–Crippen MR) is 127 cm³/mol. The molecule has 1 spiro atoms. The summed E-state index contributed by atoms with van der Waals surface area (Å²) in [5, 5.41) is 0. The molecular formula is C25H25N7O2. The van der Waals surface area contributed by atoms with Gasteiger partial charge in [0.15, 0.2) is 5.65 Å².